The van der Waals surface area contributed by atoms with Gasteiger partial charge in [0.25, 0.3) is 0 Å². The number of hydrogen-bond donors (Lipinski definition) is 0. The summed E-state index contributed by atoms with van der Waals surface area (Å²) < 4.78 is 23.4. The van der Waals surface area contributed by atoms with E-state index >= 15 is 4.39 Å². The lowest BCUT2D eigenvalue weighted by Gasteiger charge is -2.45. The summed E-state index contributed by atoms with van der Waals surface area (Å²) >= 11 is 0. The molecule has 12 aromatic rings. The largest absolute Gasteiger partial charge is 0.309 e. The number of pyridine rings is 2. The average molecular weight is 840 g/mol. The molecule has 1 atom stereocenters. The van der Waals surface area contributed by atoms with E-state index < -0.39 is 14.2 Å². The normalized spacial score (nSPS) is 13.7. The van der Waals surface area contributed by atoms with Crippen molar-refractivity contribution in [3.05, 3.63) is 236 Å². The van der Waals surface area contributed by atoms with Gasteiger partial charge in [-0.25, -0.2) is 14.4 Å². The SMILES string of the molecule is FC(c1ccc2c3ccccc3n3ccnc3c2c1)c1cc2c(c3c4ccccc4n(-c4ccccc4)c13)[Si](c1ccccc1)(c1ccccc1)c1ccccc1N2c1ccccn1. The molecule has 1 aliphatic heterocycles. The minimum atomic E-state index is -3.26. The molecule has 0 amide bonds. The van der Waals surface area contributed by atoms with E-state index in [4.69, 9.17) is 9.97 Å². The first kappa shape index (κ1) is 36.5. The Labute approximate surface area is 369 Å². The lowest BCUT2D eigenvalue weighted by Crippen LogP contribution is -2.77. The zero-order valence-electron chi connectivity index (χ0n) is 34.6. The molecule has 302 valence electrons. The van der Waals surface area contributed by atoms with Gasteiger partial charge in [-0.1, -0.05) is 152 Å². The fraction of sp³-hybridized carbons (Fsp3) is 0.0175. The van der Waals surface area contributed by atoms with Crippen LogP contribution in [0.5, 0.6) is 0 Å². The molecule has 0 spiro atoms. The van der Waals surface area contributed by atoms with Crippen molar-refractivity contribution in [1.82, 2.24) is 18.9 Å². The van der Waals surface area contributed by atoms with Crippen LogP contribution in [0.2, 0.25) is 0 Å². The zero-order valence-corrected chi connectivity index (χ0v) is 35.6. The Kier molecular flexibility index (Phi) is 8.10. The second-order valence-electron chi connectivity index (χ2n) is 16.6. The summed E-state index contributed by atoms with van der Waals surface area (Å²) in [5, 5.41) is 10.1. The fourth-order valence-corrected chi connectivity index (χ4v) is 16.1. The quantitative estimate of drug-likeness (QED) is 0.124. The smallest absolute Gasteiger partial charge is 0.184 e. The van der Waals surface area contributed by atoms with E-state index in [1.54, 1.807) is 0 Å². The highest BCUT2D eigenvalue weighted by molar-refractivity contribution is 7.22. The first-order valence-corrected chi connectivity index (χ1v) is 23.7. The van der Waals surface area contributed by atoms with Crippen molar-refractivity contribution in [2.45, 2.75) is 6.17 Å². The van der Waals surface area contributed by atoms with Gasteiger partial charge in [-0.05, 0) is 86.3 Å². The lowest BCUT2D eigenvalue weighted by atomic mass is 9.95. The van der Waals surface area contributed by atoms with Crippen LogP contribution >= 0.6 is 0 Å². The van der Waals surface area contributed by atoms with Crippen molar-refractivity contribution in [3.8, 4) is 5.69 Å². The zero-order chi connectivity index (χ0) is 42.4. The summed E-state index contributed by atoms with van der Waals surface area (Å²) in [6, 6.07) is 72.6. The Bertz CT molecular complexity index is 3720. The van der Waals surface area contributed by atoms with Crippen molar-refractivity contribution in [3.63, 3.8) is 0 Å². The van der Waals surface area contributed by atoms with Gasteiger partial charge >= 0.3 is 0 Å². The molecule has 5 nitrogen and oxygen atoms in total. The first-order valence-electron chi connectivity index (χ1n) is 21.7. The molecule has 0 fully saturated rings. The van der Waals surface area contributed by atoms with E-state index in [0.29, 0.717) is 11.1 Å². The van der Waals surface area contributed by atoms with Gasteiger partial charge in [-0.2, -0.15) is 0 Å². The van der Waals surface area contributed by atoms with Gasteiger partial charge in [-0.15, -0.1) is 0 Å². The van der Waals surface area contributed by atoms with Gasteiger partial charge in [0.15, 0.2) is 14.2 Å². The predicted octanol–water partition coefficient (Wildman–Crippen LogP) is 11.4. The predicted molar refractivity (Wildman–Crippen MR) is 264 cm³/mol. The molecule has 0 N–H and O–H groups in total. The molecule has 4 aromatic heterocycles. The molecule has 5 heterocycles. The topological polar surface area (TPSA) is 38.4 Å². The van der Waals surface area contributed by atoms with Crippen LogP contribution in [-0.4, -0.2) is 27.0 Å². The van der Waals surface area contributed by atoms with Crippen molar-refractivity contribution < 1.29 is 4.39 Å². The molecule has 0 bridgehead atoms. The van der Waals surface area contributed by atoms with Crippen LogP contribution in [0.1, 0.15) is 17.3 Å². The second-order valence-corrected chi connectivity index (χ2v) is 20.3. The third-order valence-corrected chi connectivity index (χ3v) is 18.2. The van der Waals surface area contributed by atoms with Crippen molar-refractivity contribution in [2.75, 3.05) is 4.90 Å². The van der Waals surface area contributed by atoms with Crippen molar-refractivity contribution in [2.24, 2.45) is 0 Å². The van der Waals surface area contributed by atoms with E-state index in [-0.39, 0.29) is 0 Å². The van der Waals surface area contributed by atoms with Gasteiger partial charge in [-0.3, -0.25) is 9.30 Å². The molecule has 0 saturated carbocycles. The van der Waals surface area contributed by atoms with Crippen molar-refractivity contribution in [1.29, 1.82) is 0 Å². The van der Waals surface area contributed by atoms with Gasteiger partial charge in [0, 0.05) is 62.8 Å². The summed E-state index contributed by atoms with van der Waals surface area (Å²) in [5.74, 6) is 0.770. The number of imidazole rings is 1. The number of halogens is 1. The third-order valence-electron chi connectivity index (χ3n) is 13.4. The van der Waals surface area contributed by atoms with Crippen LogP contribution in [0, 0.1) is 0 Å². The van der Waals surface area contributed by atoms with E-state index in [2.05, 4.69) is 184 Å². The fourth-order valence-electron chi connectivity index (χ4n) is 10.8. The molecule has 64 heavy (non-hydrogen) atoms. The summed E-state index contributed by atoms with van der Waals surface area (Å²) in [6.45, 7) is 0. The monoisotopic (exact) mass is 839 g/mol. The number of hydrogen-bond acceptors (Lipinski definition) is 3. The number of nitrogens with zero attached hydrogens (tertiary/aromatic N) is 5. The van der Waals surface area contributed by atoms with Crippen LogP contribution in [0.15, 0.2) is 225 Å². The highest BCUT2D eigenvalue weighted by Gasteiger charge is 2.51. The molecule has 0 saturated heterocycles. The molecule has 1 unspecified atom stereocenters. The molecular weight excluding hydrogens is 802 g/mol. The summed E-state index contributed by atoms with van der Waals surface area (Å²) in [5.41, 5.74) is 7.82. The van der Waals surface area contributed by atoms with Crippen LogP contribution in [0.4, 0.5) is 21.6 Å². The molecule has 13 rings (SSSR count). The second kappa shape index (κ2) is 14.2. The van der Waals surface area contributed by atoms with Crippen molar-refractivity contribution >= 4 is 95.1 Å². The highest BCUT2D eigenvalue weighted by Crippen LogP contribution is 2.47. The standard InChI is InChI=1S/C57H38FN5Si/c58-54(38-31-32-42-43-24-10-12-26-47(43)61-35-34-60-57(61)45(42)36-38)46-37-50-56(53-44-25-11-13-27-48(44)62(55(46)53)39-18-4-1-5-19-39)64(40-20-6-2-7-21-40,41-22-8-3-9-23-41)51-29-15-14-28-49(51)63(50)52-30-16-17-33-59-52/h1-37,54H. The Morgan fingerprint density at radius 2 is 1.16 bits per heavy atom. The van der Waals surface area contributed by atoms with Gasteiger partial charge < -0.3 is 4.57 Å². The van der Waals surface area contributed by atoms with Gasteiger partial charge in [0.05, 0.1) is 16.6 Å². The third kappa shape index (κ3) is 5.10. The molecular formula is C57H38FN5Si. The molecule has 1 aliphatic rings. The Balaban J connectivity index is 1.23. The van der Waals surface area contributed by atoms with E-state index in [1.165, 1.54) is 20.7 Å². The van der Waals surface area contributed by atoms with Gasteiger partial charge in [0.1, 0.15) is 11.5 Å². The van der Waals surface area contributed by atoms with E-state index in [1.807, 2.05) is 55.0 Å². The number of para-hydroxylation sites is 4. The number of aromatic nitrogens is 4. The van der Waals surface area contributed by atoms with E-state index in [9.17, 15) is 0 Å². The van der Waals surface area contributed by atoms with E-state index in [0.717, 1.165) is 72.0 Å². The van der Waals surface area contributed by atoms with Crippen LogP contribution < -0.4 is 25.6 Å². The number of benzene rings is 8. The number of anilines is 3. The Morgan fingerprint density at radius 1 is 0.500 bits per heavy atom. The maximum absolute atomic E-state index is 19.0. The van der Waals surface area contributed by atoms with Crippen LogP contribution in [-0.2, 0) is 0 Å². The van der Waals surface area contributed by atoms with Crippen LogP contribution in [0.3, 0.4) is 0 Å². The maximum Gasteiger partial charge on any atom is 0.184 e. The molecule has 0 aliphatic carbocycles. The lowest BCUT2D eigenvalue weighted by molar-refractivity contribution is 0.404. The minimum Gasteiger partial charge on any atom is -0.309 e. The molecule has 8 aromatic carbocycles. The first-order chi connectivity index (χ1) is 31.7. The molecule has 0 radical (unpaired) electrons. The maximum atomic E-state index is 19.0. The number of fused-ring (bicyclic) bond motifs is 12. The number of alkyl halides is 1. The summed E-state index contributed by atoms with van der Waals surface area (Å²) in [6.07, 6.45) is 4.13. The number of rotatable bonds is 6. The highest BCUT2D eigenvalue weighted by atomic mass is 28.3. The Hall–Kier alpha value is -8.13. The molecule has 7 heteroatoms. The van der Waals surface area contributed by atoms with Gasteiger partial charge in [0.2, 0.25) is 0 Å². The minimum absolute atomic E-state index is 0.564. The Morgan fingerprint density at radius 3 is 1.91 bits per heavy atom. The average Bonchev–Trinajstić information content (AvgIpc) is 4.01. The summed E-state index contributed by atoms with van der Waals surface area (Å²) in [7, 11) is -3.26. The summed E-state index contributed by atoms with van der Waals surface area (Å²) in [4.78, 5) is 12.1. The van der Waals surface area contributed by atoms with Crippen LogP contribution in [0.25, 0.3) is 54.8 Å².